The van der Waals surface area contributed by atoms with E-state index in [2.05, 4.69) is 4.74 Å². The standard InChI is InChI=1S/C13H13F2NO4/c1-19-13(18)11-7-16(4-5-20-11)12(17)9-3-2-8(14)6-10(9)15/h2-3,6,11H,4-5,7H2,1H3. The Morgan fingerprint density at radius 2 is 2.15 bits per heavy atom. The molecule has 0 aromatic heterocycles. The first-order valence-electron chi connectivity index (χ1n) is 5.96. The van der Waals surface area contributed by atoms with Crippen LogP contribution in [0, 0.1) is 11.6 Å². The third kappa shape index (κ3) is 2.93. The molecule has 2 rings (SSSR count). The van der Waals surface area contributed by atoms with Crippen LogP contribution in [-0.2, 0) is 14.3 Å². The number of amides is 1. The number of hydrogen-bond donors (Lipinski definition) is 0. The van der Waals surface area contributed by atoms with Crippen LogP contribution in [0.25, 0.3) is 0 Å². The summed E-state index contributed by atoms with van der Waals surface area (Å²) in [6, 6.07) is 2.73. The quantitative estimate of drug-likeness (QED) is 0.760. The van der Waals surface area contributed by atoms with Crippen LogP contribution in [-0.4, -0.2) is 49.7 Å². The van der Waals surface area contributed by atoms with E-state index in [1.165, 1.54) is 12.0 Å². The van der Waals surface area contributed by atoms with Crippen molar-refractivity contribution in [2.75, 3.05) is 26.8 Å². The molecule has 1 saturated heterocycles. The number of rotatable bonds is 2. The van der Waals surface area contributed by atoms with Gasteiger partial charge in [-0.3, -0.25) is 4.79 Å². The first kappa shape index (κ1) is 14.4. The fourth-order valence-corrected chi connectivity index (χ4v) is 1.94. The molecule has 1 unspecified atom stereocenters. The molecule has 0 aliphatic carbocycles. The molecule has 0 saturated carbocycles. The summed E-state index contributed by atoms with van der Waals surface area (Å²) < 4.78 is 36.1. The Balaban J connectivity index is 2.14. The van der Waals surface area contributed by atoms with E-state index in [0.717, 1.165) is 12.1 Å². The van der Waals surface area contributed by atoms with Gasteiger partial charge < -0.3 is 14.4 Å². The molecule has 108 valence electrons. The predicted molar refractivity (Wildman–Crippen MR) is 64.0 cm³/mol. The number of carbonyl (C=O) groups is 2. The van der Waals surface area contributed by atoms with E-state index < -0.39 is 29.6 Å². The molecule has 7 heteroatoms. The number of methoxy groups -OCH3 is 1. The van der Waals surface area contributed by atoms with Crippen molar-refractivity contribution in [2.24, 2.45) is 0 Å². The molecule has 0 spiro atoms. The molecule has 20 heavy (non-hydrogen) atoms. The van der Waals surface area contributed by atoms with Crippen LogP contribution in [0.15, 0.2) is 18.2 Å². The first-order chi connectivity index (χ1) is 9.52. The van der Waals surface area contributed by atoms with Gasteiger partial charge in [-0.1, -0.05) is 0 Å². The van der Waals surface area contributed by atoms with Gasteiger partial charge in [-0.05, 0) is 12.1 Å². The van der Waals surface area contributed by atoms with Crippen LogP contribution >= 0.6 is 0 Å². The number of morpholine rings is 1. The number of ether oxygens (including phenoxy) is 2. The van der Waals surface area contributed by atoms with Gasteiger partial charge in [0.2, 0.25) is 0 Å². The molecule has 0 N–H and O–H groups in total. The summed E-state index contributed by atoms with van der Waals surface area (Å²) in [5, 5.41) is 0. The van der Waals surface area contributed by atoms with Crippen molar-refractivity contribution in [3.63, 3.8) is 0 Å². The molecule has 5 nitrogen and oxygen atoms in total. The number of hydrogen-bond acceptors (Lipinski definition) is 4. The number of carbonyl (C=O) groups excluding carboxylic acids is 2. The molecule has 1 atom stereocenters. The lowest BCUT2D eigenvalue weighted by atomic mass is 10.1. The normalized spacial score (nSPS) is 18.8. The van der Waals surface area contributed by atoms with Crippen LogP contribution in [0.5, 0.6) is 0 Å². The molecule has 1 heterocycles. The highest BCUT2D eigenvalue weighted by molar-refractivity contribution is 5.95. The summed E-state index contributed by atoms with van der Waals surface area (Å²) in [4.78, 5) is 24.8. The van der Waals surface area contributed by atoms with Crippen molar-refractivity contribution >= 4 is 11.9 Å². The monoisotopic (exact) mass is 285 g/mol. The van der Waals surface area contributed by atoms with Crippen LogP contribution in [0.3, 0.4) is 0 Å². The van der Waals surface area contributed by atoms with E-state index in [9.17, 15) is 18.4 Å². The van der Waals surface area contributed by atoms with Crippen LogP contribution in [0.2, 0.25) is 0 Å². The summed E-state index contributed by atoms with van der Waals surface area (Å²) in [7, 11) is 1.21. The molecule has 1 fully saturated rings. The van der Waals surface area contributed by atoms with E-state index in [1.54, 1.807) is 0 Å². The molecular weight excluding hydrogens is 272 g/mol. The number of benzene rings is 1. The minimum atomic E-state index is -0.934. The van der Waals surface area contributed by atoms with Gasteiger partial charge in [0, 0.05) is 12.6 Å². The van der Waals surface area contributed by atoms with Gasteiger partial charge in [-0.15, -0.1) is 0 Å². The molecule has 1 aliphatic heterocycles. The lowest BCUT2D eigenvalue weighted by Gasteiger charge is -2.31. The summed E-state index contributed by atoms with van der Waals surface area (Å²) >= 11 is 0. The molecule has 1 amide bonds. The predicted octanol–water partition coefficient (Wildman–Crippen LogP) is 0.979. The van der Waals surface area contributed by atoms with Crippen molar-refractivity contribution in [1.82, 2.24) is 4.90 Å². The average Bonchev–Trinajstić information content (AvgIpc) is 2.46. The highest BCUT2D eigenvalue weighted by Gasteiger charge is 2.31. The Morgan fingerprint density at radius 3 is 2.80 bits per heavy atom. The topological polar surface area (TPSA) is 55.8 Å². The maximum atomic E-state index is 13.6. The second-order valence-electron chi connectivity index (χ2n) is 4.26. The van der Waals surface area contributed by atoms with Gasteiger partial charge in [0.1, 0.15) is 11.6 Å². The second-order valence-corrected chi connectivity index (χ2v) is 4.26. The molecule has 0 radical (unpaired) electrons. The Bertz CT molecular complexity index is 535. The maximum Gasteiger partial charge on any atom is 0.336 e. The smallest absolute Gasteiger partial charge is 0.336 e. The van der Waals surface area contributed by atoms with E-state index in [-0.39, 0.29) is 25.3 Å². The highest BCUT2D eigenvalue weighted by atomic mass is 19.1. The van der Waals surface area contributed by atoms with E-state index in [1.807, 2.05) is 0 Å². The highest BCUT2D eigenvalue weighted by Crippen LogP contribution is 2.15. The summed E-state index contributed by atoms with van der Waals surface area (Å²) in [6.07, 6.45) is -0.888. The Hall–Kier alpha value is -2.02. The SMILES string of the molecule is COC(=O)C1CN(C(=O)c2ccc(F)cc2F)CCO1. The third-order valence-electron chi connectivity index (χ3n) is 2.98. The molecular formula is C13H13F2NO4. The molecule has 1 aromatic rings. The molecule has 1 aliphatic rings. The first-order valence-corrected chi connectivity index (χ1v) is 5.96. The zero-order chi connectivity index (χ0) is 14.7. The van der Waals surface area contributed by atoms with Gasteiger partial charge in [0.25, 0.3) is 5.91 Å². The van der Waals surface area contributed by atoms with Gasteiger partial charge in [-0.2, -0.15) is 0 Å². The van der Waals surface area contributed by atoms with Crippen LogP contribution in [0.4, 0.5) is 8.78 Å². The van der Waals surface area contributed by atoms with Gasteiger partial charge >= 0.3 is 5.97 Å². The number of halogens is 2. The minimum absolute atomic E-state index is 0.0255. The number of esters is 1. The second kappa shape index (κ2) is 5.96. The Labute approximate surface area is 114 Å². The number of nitrogens with zero attached hydrogens (tertiary/aromatic N) is 1. The largest absolute Gasteiger partial charge is 0.467 e. The summed E-state index contributed by atoms with van der Waals surface area (Å²) in [6.45, 7) is 0.347. The van der Waals surface area contributed by atoms with Gasteiger partial charge in [0.15, 0.2) is 6.10 Å². The molecule has 1 aromatic carbocycles. The van der Waals surface area contributed by atoms with E-state index in [4.69, 9.17) is 4.74 Å². The lowest BCUT2D eigenvalue weighted by molar-refractivity contribution is -0.158. The van der Waals surface area contributed by atoms with Crippen molar-refractivity contribution in [1.29, 1.82) is 0 Å². The zero-order valence-corrected chi connectivity index (χ0v) is 10.8. The van der Waals surface area contributed by atoms with Crippen molar-refractivity contribution in [3.8, 4) is 0 Å². The van der Waals surface area contributed by atoms with Gasteiger partial charge in [0.05, 0.1) is 25.8 Å². The Kier molecular flexibility index (Phi) is 4.29. The minimum Gasteiger partial charge on any atom is -0.467 e. The fourth-order valence-electron chi connectivity index (χ4n) is 1.94. The summed E-state index contributed by atoms with van der Waals surface area (Å²) in [5.41, 5.74) is -0.239. The maximum absolute atomic E-state index is 13.6. The van der Waals surface area contributed by atoms with E-state index in [0.29, 0.717) is 6.07 Å². The van der Waals surface area contributed by atoms with Crippen molar-refractivity contribution in [3.05, 3.63) is 35.4 Å². The lowest BCUT2D eigenvalue weighted by Crippen LogP contribution is -2.49. The third-order valence-corrected chi connectivity index (χ3v) is 2.98. The Morgan fingerprint density at radius 1 is 1.40 bits per heavy atom. The van der Waals surface area contributed by atoms with Crippen LogP contribution < -0.4 is 0 Å². The van der Waals surface area contributed by atoms with E-state index >= 15 is 0 Å². The van der Waals surface area contributed by atoms with Crippen molar-refractivity contribution < 1.29 is 27.8 Å². The van der Waals surface area contributed by atoms with Crippen LogP contribution in [0.1, 0.15) is 10.4 Å². The average molecular weight is 285 g/mol. The van der Waals surface area contributed by atoms with Gasteiger partial charge in [-0.25, -0.2) is 13.6 Å². The molecule has 0 bridgehead atoms. The van der Waals surface area contributed by atoms with Crippen molar-refractivity contribution in [2.45, 2.75) is 6.10 Å². The zero-order valence-electron chi connectivity index (χ0n) is 10.8. The summed E-state index contributed by atoms with van der Waals surface area (Å²) in [5.74, 6) is -2.90. The fraction of sp³-hybridized carbons (Fsp3) is 0.385.